The summed E-state index contributed by atoms with van der Waals surface area (Å²) in [6.07, 6.45) is 7.18. The van der Waals surface area contributed by atoms with Crippen molar-refractivity contribution in [1.29, 1.82) is 0 Å². The molecule has 0 aromatic carbocycles. The Kier molecular flexibility index (Phi) is 3.65. The Labute approximate surface area is 97.5 Å². The highest BCUT2D eigenvalue weighted by Crippen LogP contribution is 2.28. The van der Waals surface area contributed by atoms with Crippen LogP contribution in [0.5, 0.6) is 0 Å². The highest BCUT2D eigenvalue weighted by atomic mass is 15.0. The van der Waals surface area contributed by atoms with E-state index in [0.717, 1.165) is 29.9 Å². The number of pyridine rings is 1. The van der Waals surface area contributed by atoms with E-state index in [4.69, 9.17) is 5.73 Å². The van der Waals surface area contributed by atoms with Crippen molar-refractivity contribution in [2.45, 2.75) is 32.6 Å². The molecule has 0 atom stereocenters. The molecule has 88 valence electrons. The van der Waals surface area contributed by atoms with Gasteiger partial charge in [-0.05, 0) is 30.7 Å². The van der Waals surface area contributed by atoms with Gasteiger partial charge in [0.15, 0.2) is 0 Å². The molecule has 0 amide bonds. The van der Waals surface area contributed by atoms with E-state index in [9.17, 15) is 0 Å². The van der Waals surface area contributed by atoms with Crippen LogP contribution in [0, 0.1) is 11.8 Å². The van der Waals surface area contributed by atoms with Gasteiger partial charge in [-0.25, -0.2) is 4.98 Å². The van der Waals surface area contributed by atoms with Crippen molar-refractivity contribution in [2.24, 2.45) is 11.8 Å². The number of nitrogen functional groups attached to an aromatic ring is 1. The molecule has 0 spiro atoms. The monoisotopic (exact) mass is 219 g/mol. The molecule has 3 heteroatoms. The molecule has 1 aromatic rings. The molecule has 2 rings (SSSR count). The van der Waals surface area contributed by atoms with E-state index in [1.807, 2.05) is 12.1 Å². The van der Waals surface area contributed by atoms with Crippen LogP contribution in [0.2, 0.25) is 0 Å². The lowest BCUT2D eigenvalue weighted by Crippen LogP contribution is -2.20. The first kappa shape index (κ1) is 11.2. The maximum absolute atomic E-state index is 5.71. The fourth-order valence-corrected chi connectivity index (χ4v) is 2.33. The Hall–Kier alpha value is -1.25. The third-order valence-corrected chi connectivity index (χ3v) is 3.49. The summed E-state index contributed by atoms with van der Waals surface area (Å²) in [6, 6.07) is 3.71. The predicted octanol–water partition coefficient (Wildman–Crippen LogP) is 2.90. The number of nitrogens with zero attached hydrogens (tertiary/aromatic N) is 1. The van der Waals surface area contributed by atoms with Gasteiger partial charge >= 0.3 is 0 Å². The largest absolute Gasteiger partial charge is 0.399 e. The molecule has 3 N–H and O–H groups in total. The molecule has 1 fully saturated rings. The first-order valence-corrected chi connectivity index (χ1v) is 6.19. The second kappa shape index (κ2) is 5.19. The van der Waals surface area contributed by atoms with Crippen molar-refractivity contribution in [3.63, 3.8) is 0 Å². The topological polar surface area (TPSA) is 50.9 Å². The second-order valence-electron chi connectivity index (χ2n) is 4.98. The number of rotatable bonds is 3. The van der Waals surface area contributed by atoms with Crippen LogP contribution in [0.15, 0.2) is 18.3 Å². The molecular weight excluding hydrogens is 198 g/mol. The Balaban J connectivity index is 1.79. The maximum atomic E-state index is 5.71. The minimum Gasteiger partial charge on any atom is -0.399 e. The summed E-state index contributed by atoms with van der Waals surface area (Å²) in [5.41, 5.74) is 6.48. The number of nitrogens with one attached hydrogen (secondary N) is 1. The third-order valence-electron chi connectivity index (χ3n) is 3.49. The fraction of sp³-hybridized carbons (Fsp3) is 0.615. The van der Waals surface area contributed by atoms with E-state index in [0.29, 0.717) is 0 Å². The fourth-order valence-electron chi connectivity index (χ4n) is 2.33. The molecule has 0 aliphatic heterocycles. The molecule has 0 unspecified atom stereocenters. The third kappa shape index (κ3) is 3.12. The van der Waals surface area contributed by atoms with Crippen LogP contribution in [0.25, 0.3) is 0 Å². The average molecular weight is 219 g/mol. The minimum absolute atomic E-state index is 0.773. The normalized spacial score (nSPS) is 25.3. The highest BCUT2D eigenvalue weighted by Gasteiger charge is 2.17. The maximum Gasteiger partial charge on any atom is 0.127 e. The first-order chi connectivity index (χ1) is 7.74. The zero-order valence-corrected chi connectivity index (χ0v) is 9.95. The molecule has 1 heterocycles. The van der Waals surface area contributed by atoms with E-state index in [-0.39, 0.29) is 0 Å². The summed E-state index contributed by atoms with van der Waals surface area (Å²) < 4.78 is 0. The SMILES string of the molecule is CC1CCC(CNc2cc(N)ccn2)CC1. The van der Waals surface area contributed by atoms with Crippen molar-refractivity contribution in [1.82, 2.24) is 4.98 Å². The van der Waals surface area contributed by atoms with Gasteiger partial charge < -0.3 is 11.1 Å². The summed E-state index contributed by atoms with van der Waals surface area (Å²) in [5, 5.41) is 3.38. The predicted molar refractivity (Wildman–Crippen MR) is 68.3 cm³/mol. The van der Waals surface area contributed by atoms with Crippen molar-refractivity contribution in [2.75, 3.05) is 17.6 Å². The second-order valence-corrected chi connectivity index (χ2v) is 4.98. The summed E-state index contributed by atoms with van der Waals surface area (Å²) in [7, 11) is 0. The number of aromatic nitrogens is 1. The lowest BCUT2D eigenvalue weighted by atomic mass is 9.83. The van der Waals surface area contributed by atoms with Crippen molar-refractivity contribution in [3.05, 3.63) is 18.3 Å². The van der Waals surface area contributed by atoms with E-state index in [1.54, 1.807) is 6.20 Å². The molecule has 0 bridgehead atoms. The molecule has 1 aliphatic rings. The van der Waals surface area contributed by atoms with Gasteiger partial charge in [0.05, 0.1) is 0 Å². The van der Waals surface area contributed by atoms with Crippen LogP contribution in [0.4, 0.5) is 11.5 Å². The first-order valence-electron chi connectivity index (χ1n) is 6.19. The molecule has 1 saturated carbocycles. The standard InChI is InChI=1S/C13H21N3/c1-10-2-4-11(5-3-10)9-16-13-8-12(14)6-7-15-13/h6-8,10-11H,2-5,9H2,1H3,(H3,14,15,16). The summed E-state index contributed by atoms with van der Waals surface area (Å²) in [4.78, 5) is 4.25. The van der Waals surface area contributed by atoms with Crippen LogP contribution in [-0.4, -0.2) is 11.5 Å². The smallest absolute Gasteiger partial charge is 0.127 e. The number of anilines is 2. The van der Waals surface area contributed by atoms with Gasteiger partial charge in [-0.2, -0.15) is 0 Å². The van der Waals surface area contributed by atoms with E-state index >= 15 is 0 Å². The summed E-state index contributed by atoms with van der Waals surface area (Å²) in [6.45, 7) is 3.38. The summed E-state index contributed by atoms with van der Waals surface area (Å²) in [5.74, 6) is 2.62. The van der Waals surface area contributed by atoms with Crippen molar-refractivity contribution < 1.29 is 0 Å². The Morgan fingerprint density at radius 1 is 1.38 bits per heavy atom. The van der Waals surface area contributed by atoms with Gasteiger partial charge in [0.25, 0.3) is 0 Å². The van der Waals surface area contributed by atoms with E-state index in [2.05, 4.69) is 17.2 Å². The zero-order valence-electron chi connectivity index (χ0n) is 9.95. The number of nitrogens with two attached hydrogens (primary N) is 1. The lowest BCUT2D eigenvalue weighted by molar-refractivity contribution is 0.300. The summed E-state index contributed by atoms with van der Waals surface area (Å²) >= 11 is 0. The van der Waals surface area contributed by atoms with Crippen molar-refractivity contribution in [3.8, 4) is 0 Å². The lowest BCUT2D eigenvalue weighted by Gasteiger charge is -2.26. The van der Waals surface area contributed by atoms with Gasteiger partial charge in [0, 0.05) is 24.5 Å². The van der Waals surface area contributed by atoms with Gasteiger partial charge in [-0.1, -0.05) is 19.8 Å². The zero-order chi connectivity index (χ0) is 11.4. The molecule has 0 radical (unpaired) electrons. The number of hydrogen-bond acceptors (Lipinski definition) is 3. The minimum atomic E-state index is 0.773. The van der Waals surface area contributed by atoms with Crippen LogP contribution < -0.4 is 11.1 Å². The highest BCUT2D eigenvalue weighted by molar-refractivity contribution is 5.48. The Morgan fingerprint density at radius 2 is 2.12 bits per heavy atom. The van der Waals surface area contributed by atoms with Gasteiger partial charge in [-0.15, -0.1) is 0 Å². The molecule has 0 saturated heterocycles. The number of hydrogen-bond donors (Lipinski definition) is 2. The molecule has 3 nitrogen and oxygen atoms in total. The van der Waals surface area contributed by atoms with Crippen molar-refractivity contribution >= 4 is 11.5 Å². The van der Waals surface area contributed by atoms with E-state index in [1.165, 1.54) is 25.7 Å². The van der Waals surface area contributed by atoms with E-state index < -0.39 is 0 Å². The van der Waals surface area contributed by atoms with Gasteiger partial charge in [0.2, 0.25) is 0 Å². The van der Waals surface area contributed by atoms with Crippen LogP contribution in [0.3, 0.4) is 0 Å². The Bertz CT molecular complexity index is 330. The molecule has 1 aromatic heterocycles. The molecule has 16 heavy (non-hydrogen) atoms. The van der Waals surface area contributed by atoms with Gasteiger partial charge in [-0.3, -0.25) is 0 Å². The molecular formula is C13H21N3. The average Bonchev–Trinajstić information content (AvgIpc) is 2.28. The Morgan fingerprint density at radius 3 is 2.81 bits per heavy atom. The van der Waals surface area contributed by atoms with Crippen LogP contribution >= 0.6 is 0 Å². The van der Waals surface area contributed by atoms with Crippen LogP contribution in [-0.2, 0) is 0 Å². The quantitative estimate of drug-likeness (QED) is 0.821. The van der Waals surface area contributed by atoms with Gasteiger partial charge in [0.1, 0.15) is 5.82 Å². The van der Waals surface area contributed by atoms with Crippen LogP contribution in [0.1, 0.15) is 32.6 Å². The molecule has 1 aliphatic carbocycles.